The van der Waals surface area contributed by atoms with Gasteiger partial charge in [-0.05, 0) is 37.3 Å². The summed E-state index contributed by atoms with van der Waals surface area (Å²) in [6.45, 7) is 7.74. The van der Waals surface area contributed by atoms with Crippen molar-refractivity contribution in [3.05, 3.63) is 59.7 Å². The Hall–Kier alpha value is -1.71. The van der Waals surface area contributed by atoms with Gasteiger partial charge in [-0.25, -0.2) is 0 Å². The summed E-state index contributed by atoms with van der Waals surface area (Å²) in [6, 6.07) is 10.1. The Labute approximate surface area is 140 Å². The van der Waals surface area contributed by atoms with Crippen LogP contribution < -0.4 is 0 Å². The molecule has 3 heteroatoms. The van der Waals surface area contributed by atoms with Gasteiger partial charge in [-0.2, -0.15) is 0 Å². The number of hydrogen-bond acceptors (Lipinski definition) is 3. The van der Waals surface area contributed by atoms with Crippen molar-refractivity contribution in [1.29, 1.82) is 0 Å². The van der Waals surface area contributed by atoms with E-state index in [0.717, 1.165) is 24.0 Å². The third-order valence-corrected chi connectivity index (χ3v) is 4.05. The van der Waals surface area contributed by atoms with Gasteiger partial charge in [0, 0.05) is 27.1 Å². The van der Waals surface area contributed by atoms with Gasteiger partial charge in [0.2, 0.25) is 0 Å². The van der Waals surface area contributed by atoms with E-state index < -0.39 is 0 Å². The van der Waals surface area contributed by atoms with Crippen molar-refractivity contribution < 1.29 is 14.3 Å². The minimum Gasteiger partial charge on any atom is -0.356 e. The number of Topliss-reactive ketones (excluding diaryl/α,β-unsaturated/α-hetero) is 1. The maximum absolute atomic E-state index is 11.2. The Balaban J connectivity index is 0.000000231. The van der Waals surface area contributed by atoms with Gasteiger partial charge < -0.3 is 9.47 Å². The van der Waals surface area contributed by atoms with E-state index >= 15 is 0 Å². The van der Waals surface area contributed by atoms with E-state index in [0.29, 0.717) is 12.3 Å². The van der Waals surface area contributed by atoms with Crippen LogP contribution >= 0.6 is 0 Å². The Morgan fingerprint density at radius 3 is 2.35 bits per heavy atom. The molecule has 0 aliphatic heterocycles. The summed E-state index contributed by atoms with van der Waals surface area (Å²) in [5.41, 5.74) is 3.27. The molecule has 23 heavy (non-hydrogen) atoms. The van der Waals surface area contributed by atoms with Crippen molar-refractivity contribution in [1.82, 2.24) is 0 Å². The average molecular weight is 316 g/mol. The van der Waals surface area contributed by atoms with E-state index in [9.17, 15) is 4.79 Å². The highest BCUT2D eigenvalue weighted by atomic mass is 16.7. The van der Waals surface area contributed by atoms with Crippen LogP contribution in [-0.4, -0.2) is 26.3 Å². The second-order valence-electron chi connectivity index (χ2n) is 5.88. The van der Waals surface area contributed by atoms with Crippen LogP contribution in [0.2, 0.25) is 0 Å². The first-order chi connectivity index (χ1) is 11.0. The molecule has 0 heterocycles. The van der Waals surface area contributed by atoms with E-state index in [-0.39, 0.29) is 12.1 Å². The molecule has 0 amide bonds. The Morgan fingerprint density at radius 1 is 1.26 bits per heavy atom. The average Bonchev–Trinajstić information content (AvgIpc) is 2.56. The first kappa shape index (κ1) is 19.3. The van der Waals surface area contributed by atoms with Crippen molar-refractivity contribution in [2.45, 2.75) is 39.4 Å². The number of carbonyl (C=O) groups is 1. The van der Waals surface area contributed by atoms with E-state index in [4.69, 9.17) is 9.47 Å². The van der Waals surface area contributed by atoms with E-state index in [1.165, 1.54) is 5.56 Å². The summed E-state index contributed by atoms with van der Waals surface area (Å²) < 4.78 is 10.2. The van der Waals surface area contributed by atoms with Gasteiger partial charge in [0.15, 0.2) is 12.1 Å². The summed E-state index contributed by atoms with van der Waals surface area (Å²) in [4.78, 5) is 11.2. The molecule has 1 atom stereocenters. The fourth-order valence-electron chi connectivity index (χ4n) is 2.35. The van der Waals surface area contributed by atoms with Crippen LogP contribution in [0.25, 0.3) is 0 Å². The second-order valence-corrected chi connectivity index (χ2v) is 5.88. The Kier molecular flexibility index (Phi) is 8.52. The molecular formula is C20H28O3. The first-order valence-electron chi connectivity index (χ1n) is 7.92. The van der Waals surface area contributed by atoms with Gasteiger partial charge in [0.25, 0.3) is 0 Å². The fourth-order valence-corrected chi connectivity index (χ4v) is 2.35. The van der Waals surface area contributed by atoms with Crippen LogP contribution in [0.1, 0.15) is 32.3 Å². The molecular weight excluding hydrogens is 288 g/mol. The highest BCUT2D eigenvalue weighted by Crippen LogP contribution is 2.25. The molecule has 0 bridgehead atoms. The van der Waals surface area contributed by atoms with Crippen LogP contribution in [0.5, 0.6) is 0 Å². The van der Waals surface area contributed by atoms with Gasteiger partial charge in [-0.15, -0.1) is 0 Å². The third-order valence-electron chi connectivity index (χ3n) is 4.05. The number of benzene rings is 1. The van der Waals surface area contributed by atoms with E-state index in [2.05, 4.69) is 18.7 Å². The van der Waals surface area contributed by atoms with Crippen molar-refractivity contribution in [3.63, 3.8) is 0 Å². The molecule has 0 saturated heterocycles. The smallest absolute Gasteiger partial charge is 0.160 e. The van der Waals surface area contributed by atoms with Gasteiger partial charge in [-0.3, -0.25) is 4.79 Å². The summed E-state index contributed by atoms with van der Waals surface area (Å²) in [5, 5.41) is 0. The Morgan fingerprint density at radius 2 is 1.87 bits per heavy atom. The number of hydrogen-bond donors (Lipinski definition) is 0. The first-order valence-corrected chi connectivity index (χ1v) is 7.92. The Bertz CT molecular complexity index is 527. The van der Waals surface area contributed by atoms with E-state index in [1.54, 1.807) is 14.2 Å². The molecule has 3 nitrogen and oxygen atoms in total. The molecule has 0 spiro atoms. The minimum atomic E-state index is -0.132. The zero-order valence-electron chi connectivity index (χ0n) is 14.7. The lowest BCUT2D eigenvalue weighted by molar-refractivity contribution is -0.116. The standard InChI is InChI=1S/C10H14O2.C10H14O/c1-11-10(12-2)8-9-6-4-3-5-7-9;1-7(2)9-5-4-8(3)10(11)6-9/h3-7,10H,8H2,1-2H3;4,9H,1,5-6H2,2-3H3. The number of carbonyl (C=O) groups excluding carboxylic acids is 1. The van der Waals surface area contributed by atoms with Crippen molar-refractivity contribution >= 4 is 5.78 Å². The largest absolute Gasteiger partial charge is 0.356 e. The maximum atomic E-state index is 11.2. The quantitative estimate of drug-likeness (QED) is 0.599. The fraction of sp³-hybridized carbons (Fsp3) is 0.450. The molecule has 1 unspecified atom stereocenters. The SMILES string of the molecule is C=C(C)C1CC=C(C)C(=O)C1.COC(Cc1ccccc1)OC. The number of ketones is 1. The molecule has 0 fully saturated rings. The molecule has 1 aliphatic carbocycles. The second kappa shape index (κ2) is 10.1. The van der Waals surface area contributed by atoms with Crippen molar-refractivity contribution in [2.24, 2.45) is 5.92 Å². The van der Waals surface area contributed by atoms with Gasteiger partial charge >= 0.3 is 0 Å². The van der Waals surface area contributed by atoms with Crippen LogP contribution in [0.4, 0.5) is 0 Å². The molecule has 0 saturated carbocycles. The summed E-state index contributed by atoms with van der Waals surface area (Å²) >= 11 is 0. The molecule has 0 aromatic heterocycles. The molecule has 1 aromatic rings. The predicted octanol–water partition coefficient (Wildman–Crippen LogP) is 4.34. The molecule has 126 valence electrons. The number of methoxy groups -OCH3 is 2. The topological polar surface area (TPSA) is 35.5 Å². The van der Waals surface area contributed by atoms with Crippen molar-refractivity contribution in [2.75, 3.05) is 14.2 Å². The van der Waals surface area contributed by atoms with Gasteiger partial charge in [0.1, 0.15) is 0 Å². The highest BCUT2D eigenvalue weighted by Gasteiger charge is 2.19. The molecule has 1 aromatic carbocycles. The van der Waals surface area contributed by atoms with E-state index in [1.807, 2.05) is 38.1 Å². The predicted molar refractivity (Wildman–Crippen MR) is 94.3 cm³/mol. The minimum absolute atomic E-state index is 0.132. The monoisotopic (exact) mass is 316 g/mol. The van der Waals surface area contributed by atoms with Crippen LogP contribution in [-0.2, 0) is 20.7 Å². The van der Waals surface area contributed by atoms with Crippen LogP contribution in [0, 0.1) is 5.92 Å². The normalized spacial score (nSPS) is 17.3. The molecule has 2 rings (SSSR count). The zero-order valence-corrected chi connectivity index (χ0v) is 14.7. The maximum Gasteiger partial charge on any atom is 0.160 e. The number of rotatable bonds is 5. The lowest BCUT2D eigenvalue weighted by Crippen LogP contribution is -2.15. The summed E-state index contributed by atoms with van der Waals surface area (Å²) in [6.07, 6.45) is 4.34. The van der Waals surface area contributed by atoms with Gasteiger partial charge in [0.05, 0.1) is 0 Å². The number of ether oxygens (including phenoxy) is 2. The van der Waals surface area contributed by atoms with Crippen LogP contribution in [0.15, 0.2) is 54.1 Å². The highest BCUT2D eigenvalue weighted by molar-refractivity contribution is 5.95. The lowest BCUT2D eigenvalue weighted by Gasteiger charge is -2.18. The van der Waals surface area contributed by atoms with Crippen molar-refractivity contribution in [3.8, 4) is 0 Å². The summed E-state index contributed by atoms with van der Waals surface area (Å²) in [7, 11) is 3.30. The molecule has 0 N–H and O–H groups in total. The third kappa shape index (κ3) is 6.93. The zero-order chi connectivity index (χ0) is 17.2. The van der Waals surface area contributed by atoms with Crippen LogP contribution in [0.3, 0.4) is 0 Å². The lowest BCUT2D eigenvalue weighted by atomic mass is 9.85. The molecule has 1 aliphatic rings. The summed E-state index contributed by atoms with van der Waals surface area (Å²) in [5.74, 6) is 0.676. The molecule has 0 radical (unpaired) electrons. The van der Waals surface area contributed by atoms with Gasteiger partial charge in [-0.1, -0.05) is 48.6 Å². The number of allylic oxidation sites excluding steroid dienone is 3.